The molecular weight excluding hydrogens is 899 g/mol. The third-order valence-corrected chi connectivity index (χ3v) is 15.8. The molecule has 3 N–H and O–H groups in total. The Hall–Kier alpha value is -1.40. The van der Waals surface area contributed by atoms with Gasteiger partial charge in [0.25, 0.3) is 0 Å². The topological polar surface area (TPSA) is 95.9 Å². The fourth-order valence-electron chi connectivity index (χ4n) is 10.7. The highest BCUT2D eigenvalue weighted by atomic mass is 16.5. The zero-order valence-electron chi connectivity index (χ0n) is 49.6. The average Bonchev–Trinajstić information content (AvgIpc) is 3.39. The van der Waals surface area contributed by atoms with Crippen molar-refractivity contribution in [3.8, 4) is 0 Å². The van der Waals surface area contributed by atoms with Gasteiger partial charge >= 0.3 is 5.97 Å². The molecule has 0 aromatic rings. The van der Waals surface area contributed by atoms with Crippen molar-refractivity contribution in [3.63, 3.8) is 0 Å². The first kappa shape index (κ1) is 71.6. The average molecular weight is 1030 g/mol. The second kappa shape index (κ2) is 63.1. The molecule has 0 aliphatic heterocycles. The van der Waals surface area contributed by atoms with E-state index in [0.29, 0.717) is 25.9 Å². The molecule has 0 saturated heterocycles. The summed E-state index contributed by atoms with van der Waals surface area (Å²) in [6.45, 7) is 4.98. The Morgan fingerprint density at radius 1 is 0.370 bits per heavy atom. The largest absolute Gasteiger partial charge is 0.466 e. The van der Waals surface area contributed by atoms with Gasteiger partial charge < -0.3 is 20.3 Å². The minimum Gasteiger partial charge on any atom is -0.466 e. The summed E-state index contributed by atoms with van der Waals surface area (Å²) >= 11 is 0. The summed E-state index contributed by atoms with van der Waals surface area (Å²) in [6.07, 6.45) is 76.6. The van der Waals surface area contributed by atoms with E-state index in [9.17, 15) is 19.8 Å². The zero-order valence-corrected chi connectivity index (χ0v) is 49.6. The molecule has 0 heterocycles. The minimum atomic E-state index is -0.668. The fraction of sp³-hybridized carbons (Fsp3) is 0.940. The minimum absolute atomic E-state index is 0.00127. The number of esters is 1. The SMILES string of the molecule is CCCCCCCCC/C=C\CCCCCCCC(=O)OCCCCCCCCCCCCCCCCCCCCC(=O)NC(CO)C(O)CCCCCCCCCCCCCCCCCCCCCCCC. The van der Waals surface area contributed by atoms with Crippen molar-refractivity contribution in [1.82, 2.24) is 5.32 Å². The van der Waals surface area contributed by atoms with E-state index >= 15 is 0 Å². The number of aliphatic hydroxyl groups excluding tert-OH is 2. The Morgan fingerprint density at radius 2 is 0.644 bits per heavy atom. The number of carbonyl (C=O) groups is 2. The van der Waals surface area contributed by atoms with Gasteiger partial charge in [0.05, 0.1) is 25.4 Å². The number of rotatable bonds is 63. The molecule has 0 spiro atoms. The monoisotopic (exact) mass is 1030 g/mol. The molecule has 0 aromatic carbocycles. The lowest BCUT2D eigenvalue weighted by Crippen LogP contribution is -2.45. The van der Waals surface area contributed by atoms with Crippen molar-refractivity contribution in [2.45, 2.75) is 392 Å². The van der Waals surface area contributed by atoms with Crippen LogP contribution in [-0.4, -0.2) is 47.4 Å². The molecule has 2 unspecified atom stereocenters. The smallest absolute Gasteiger partial charge is 0.305 e. The quantitative estimate of drug-likeness (QED) is 0.0320. The van der Waals surface area contributed by atoms with Gasteiger partial charge in [-0.05, 0) is 51.4 Å². The van der Waals surface area contributed by atoms with Crippen LogP contribution in [0.15, 0.2) is 12.2 Å². The van der Waals surface area contributed by atoms with E-state index in [0.717, 1.165) is 44.9 Å². The predicted octanol–water partition coefficient (Wildman–Crippen LogP) is 21.2. The Labute approximate surface area is 457 Å². The molecular formula is C67H131NO5. The molecule has 2 atom stereocenters. The van der Waals surface area contributed by atoms with E-state index in [1.165, 1.54) is 302 Å². The van der Waals surface area contributed by atoms with Crippen LogP contribution in [-0.2, 0) is 14.3 Å². The van der Waals surface area contributed by atoms with Gasteiger partial charge in [0, 0.05) is 12.8 Å². The van der Waals surface area contributed by atoms with Crippen LogP contribution >= 0.6 is 0 Å². The summed E-state index contributed by atoms with van der Waals surface area (Å²) in [6, 6.07) is -0.545. The van der Waals surface area contributed by atoms with E-state index in [1.807, 2.05) is 0 Å². The van der Waals surface area contributed by atoms with Crippen molar-refractivity contribution in [3.05, 3.63) is 12.2 Å². The second-order valence-corrected chi connectivity index (χ2v) is 23.2. The van der Waals surface area contributed by atoms with E-state index < -0.39 is 12.1 Å². The maximum atomic E-state index is 12.5. The van der Waals surface area contributed by atoms with E-state index in [4.69, 9.17) is 4.74 Å². The first-order valence-corrected chi connectivity index (χ1v) is 33.4. The van der Waals surface area contributed by atoms with Crippen LogP contribution in [0.1, 0.15) is 380 Å². The molecule has 434 valence electrons. The van der Waals surface area contributed by atoms with Gasteiger partial charge in [-0.1, -0.05) is 328 Å². The van der Waals surface area contributed by atoms with Gasteiger partial charge in [0.2, 0.25) is 5.91 Å². The highest BCUT2D eigenvalue weighted by molar-refractivity contribution is 5.76. The number of amides is 1. The van der Waals surface area contributed by atoms with Crippen LogP contribution < -0.4 is 5.32 Å². The van der Waals surface area contributed by atoms with E-state index in [-0.39, 0.29) is 18.5 Å². The molecule has 73 heavy (non-hydrogen) atoms. The van der Waals surface area contributed by atoms with Crippen molar-refractivity contribution in [2.75, 3.05) is 13.2 Å². The van der Waals surface area contributed by atoms with Crippen molar-refractivity contribution in [2.24, 2.45) is 0 Å². The lowest BCUT2D eigenvalue weighted by atomic mass is 10.0. The molecule has 6 heteroatoms. The molecule has 0 saturated carbocycles. The molecule has 0 rings (SSSR count). The lowest BCUT2D eigenvalue weighted by Gasteiger charge is -2.22. The Kier molecular flexibility index (Phi) is 61.9. The summed E-state index contributed by atoms with van der Waals surface area (Å²) in [5.41, 5.74) is 0. The molecule has 0 fully saturated rings. The van der Waals surface area contributed by atoms with E-state index in [1.54, 1.807) is 0 Å². The third-order valence-electron chi connectivity index (χ3n) is 15.8. The molecule has 0 aliphatic rings. The van der Waals surface area contributed by atoms with Crippen molar-refractivity contribution >= 4 is 11.9 Å². The maximum absolute atomic E-state index is 12.5. The molecule has 0 bridgehead atoms. The molecule has 1 amide bonds. The summed E-state index contributed by atoms with van der Waals surface area (Å²) < 4.78 is 5.49. The summed E-state index contributed by atoms with van der Waals surface area (Å²) in [5, 5.41) is 23.4. The number of hydrogen-bond donors (Lipinski definition) is 3. The van der Waals surface area contributed by atoms with Crippen molar-refractivity contribution < 1.29 is 24.5 Å². The fourth-order valence-corrected chi connectivity index (χ4v) is 10.7. The van der Waals surface area contributed by atoms with Gasteiger partial charge in [-0.15, -0.1) is 0 Å². The summed E-state index contributed by atoms with van der Waals surface area (Å²) in [7, 11) is 0. The number of carbonyl (C=O) groups excluding carboxylic acids is 2. The summed E-state index contributed by atoms with van der Waals surface area (Å²) in [4.78, 5) is 24.6. The molecule has 0 radical (unpaired) electrons. The number of unbranched alkanes of at least 4 members (excludes halogenated alkanes) is 50. The predicted molar refractivity (Wildman–Crippen MR) is 320 cm³/mol. The molecule has 0 aromatic heterocycles. The lowest BCUT2D eigenvalue weighted by molar-refractivity contribution is -0.143. The molecule has 0 aliphatic carbocycles. The maximum Gasteiger partial charge on any atom is 0.305 e. The Morgan fingerprint density at radius 3 is 0.973 bits per heavy atom. The number of hydrogen-bond acceptors (Lipinski definition) is 5. The van der Waals surface area contributed by atoms with Crippen LogP contribution in [0.2, 0.25) is 0 Å². The number of allylic oxidation sites excluding steroid dienone is 2. The van der Waals surface area contributed by atoms with Crippen LogP contribution in [0.3, 0.4) is 0 Å². The van der Waals surface area contributed by atoms with Crippen LogP contribution in [0.5, 0.6) is 0 Å². The molecule has 6 nitrogen and oxygen atoms in total. The normalized spacial score (nSPS) is 12.5. The van der Waals surface area contributed by atoms with Gasteiger partial charge in [-0.3, -0.25) is 9.59 Å². The van der Waals surface area contributed by atoms with Crippen LogP contribution in [0.25, 0.3) is 0 Å². The number of ether oxygens (including phenoxy) is 1. The number of nitrogens with one attached hydrogen (secondary N) is 1. The number of aliphatic hydroxyl groups is 2. The summed E-state index contributed by atoms with van der Waals surface area (Å²) in [5.74, 6) is -0.0332. The highest BCUT2D eigenvalue weighted by Gasteiger charge is 2.20. The standard InChI is InChI=1S/C67H131NO5/c1-3-5-7-9-11-13-15-17-19-21-22-23-24-25-28-31-35-39-43-47-51-55-59-65(70)64(63-69)68-66(71)60-56-52-48-44-40-36-32-29-26-27-30-34-38-42-46-50-54-58-62-73-67(72)61-57-53-49-45-41-37-33-20-18-16-14-12-10-8-6-4-2/h20,33,64-65,69-70H,3-19,21-32,34-63H2,1-2H3,(H,68,71)/b33-20-. The second-order valence-electron chi connectivity index (χ2n) is 23.2. The third kappa shape index (κ3) is 59.7. The van der Waals surface area contributed by atoms with Gasteiger partial charge in [0.1, 0.15) is 0 Å². The first-order valence-electron chi connectivity index (χ1n) is 33.4. The van der Waals surface area contributed by atoms with Crippen LogP contribution in [0, 0.1) is 0 Å². The van der Waals surface area contributed by atoms with Crippen LogP contribution in [0.4, 0.5) is 0 Å². The van der Waals surface area contributed by atoms with Gasteiger partial charge in [-0.25, -0.2) is 0 Å². The first-order chi connectivity index (χ1) is 36.0. The van der Waals surface area contributed by atoms with E-state index in [2.05, 4.69) is 31.3 Å². The Bertz CT molecular complexity index is 1100. The van der Waals surface area contributed by atoms with Crippen molar-refractivity contribution in [1.29, 1.82) is 0 Å². The zero-order chi connectivity index (χ0) is 52.9. The van der Waals surface area contributed by atoms with Gasteiger partial charge in [-0.2, -0.15) is 0 Å². The Balaban J connectivity index is 3.40. The highest BCUT2D eigenvalue weighted by Crippen LogP contribution is 2.19. The van der Waals surface area contributed by atoms with Gasteiger partial charge in [0.15, 0.2) is 0 Å².